The van der Waals surface area contributed by atoms with Crippen molar-refractivity contribution in [2.75, 3.05) is 13.6 Å². The fraction of sp³-hybridized carbons (Fsp3) is 0.455. The third-order valence-electron chi connectivity index (χ3n) is 5.35. The van der Waals surface area contributed by atoms with Gasteiger partial charge in [0.1, 0.15) is 11.9 Å². The highest BCUT2D eigenvalue weighted by Crippen LogP contribution is 2.27. The molecule has 0 saturated carbocycles. The molecule has 160 valence electrons. The van der Waals surface area contributed by atoms with E-state index in [1.165, 1.54) is 6.92 Å². The van der Waals surface area contributed by atoms with Crippen LogP contribution in [0.3, 0.4) is 0 Å². The zero-order valence-corrected chi connectivity index (χ0v) is 18.2. The van der Waals surface area contributed by atoms with Gasteiger partial charge in [-0.15, -0.1) is 0 Å². The van der Waals surface area contributed by atoms with Gasteiger partial charge in [-0.2, -0.15) is 0 Å². The van der Waals surface area contributed by atoms with Crippen molar-refractivity contribution in [3.8, 4) is 11.4 Å². The summed E-state index contributed by atoms with van der Waals surface area (Å²) in [5.41, 5.74) is 1.34. The number of benzene rings is 1. The molecule has 3 rings (SSSR count). The van der Waals surface area contributed by atoms with E-state index < -0.39 is 17.4 Å². The predicted molar refractivity (Wildman–Crippen MR) is 114 cm³/mol. The summed E-state index contributed by atoms with van der Waals surface area (Å²) in [4.78, 5) is 43.9. The van der Waals surface area contributed by atoms with Crippen LogP contribution < -0.4 is 10.6 Å². The van der Waals surface area contributed by atoms with Gasteiger partial charge in [0, 0.05) is 32.6 Å². The van der Waals surface area contributed by atoms with E-state index in [-0.39, 0.29) is 17.5 Å². The first-order chi connectivity index (χ1) is 14.1. The van der Waals surface area contributed by atoms with Crippen molar-refractivity contribution < 1.29 is 14.4 Å². The predicted octanol–water partition coefficient (Wildman–Crippen LogP) is 1.80. The zero-order valence-electron chi connectivity index (χ0n) is 18.2. The van der Waals surface area contributed by atoms with Crippen molar-refractivity contribution in [2.24, 2.45) is 5.41 Å². The minimum absolute atomic E-state index is 0.0481. The third-order valence-corrected chi connectivity index (χ3v) is 5.35. The maximum absolute atomic E-state index is 13.2. The molecule has 0 spiro atoms. The quantitative estimate of drug-likeness (QED) is 0.802. The summed E-state index contributed by atoms with van der Waals surface area (Å²) in [6.45, 7) is 8.61. The van der Waals surface area contributed by atoms with E-state index in [0.29, 0.717) is 31.2 Å². The maximum Gasteiger partial charge on any atom is 0.272 e. The fourth-order valence-electron chi connectivity index (χ4n) is 3.65. The summed E-state index contributed by atoms with van der Waals surface area (Å²) in [7, 11) is 1.55. The van der Waals surface area contributed by atoms with Crippen molar-refractivity contribution in [3.63, 3.8) is 0 Å². The standard InChI is InChI=1S/C22H29N5O3/c1-14(28)26-11-12-27-16(13-26)17(24-19(27)15-9-7-6-8-10-15)20(29)25-18(21(30)23-5)22(2,3)4/h6-10,18H,11-13H2,1-5H3,(H,23,30)(H,25,29)/t18-/m1/s1. The first-order valence-corrected chi connectivity index (χ1v) is 10.1. The van der Waals surface area contributed by atoms with E-state index in [4.69, 9.17) is 0 Å². The number of likely N-dealkylation sites (N-methyl/N-ethyl adjacent to an activating group) is 1. The van der Waals surface area contributed by atoms with Gasteiger partial charge in [-0.1, -0.05) is 51.1 Å². The second kappa shape index (κ2) is 8.30. The molecule has 0 fully saturated rings. The number of carbonyl (C=O) groups is 3. The summed E-state index contributed by atoms with van der Waals surface area (Å²) < 4.78 is 2.00. The molecule has 1 aromatic heterocycles. The second-order valence-corrected chi connectivity index (χ2v) is 8.58. The van der Waals surface area contributed by atoms with E-state index in [1.54, 1.807) is 11.9 Å². The molecule has 0 bridgehead atoms. The van der Waals surface area contributed by atoms with Crippen molar-refractivity contribution in [3.05, 3.63) is 41.7 Å². The molecule has 8 heteroatoms. The number of aromatic nitrogens is 2. The lowest BCUT2D eigenvalue weighted by Crippen LogP contribution is -2.53. The Labute approximate surface area is 176 Å². The molecule has 8 nitrogen and oxygen atoms in total. The van der Waals surface area contributed by atoms with E-state index >= 15 is 0 Å². The van der Waals surface area contributed by atoms with Crippen LogP contribution in [0.2, 0.25) is 0 Å². The minimum Gasteiger partial charge on any atom is -0.357 e. The van der Waals surface area contributed by atoms with Crippen molar-refractivity contribution in [1.82, 2.24) is 25.1 Å². The van der Waals surface area contributed by atoms with Crippen molar-refractivity contribution in [2.45, 2.75) is 46.8 Å². The molecular formula is C22H29N5O3. The molecule has 1 aromatic carbocycles. The first-order valence-electron chi connectivity index (χ1n) is 10.1. The Bertz CT molecular complexity index is 959. The number of nitrogens with zero attached hydrogens (tertiary/aromatic N) is 3. The lowest BCUT2D eigenvalue weighted by Gasteiger charge is -2.30. The normalized spacial score (nSPS) is 14.6. The number of hydrogen-bond acceptors (Lipinski definition) is 4. The van der Waals surface area contributed by atoms with Gasteiger partial charge < -0.3 is 20.1 Å². The number of nitrogens with one attached hydrogen (secondary N) is 2. The third kappa shape index (κ3) is 4.22. The Morgan fingerprint density at radius 2 is 1.77 bits per heavy atom. The average Bonchev–Trinajstić information content (AvgIpc) is 3.10. The molecule has 0 aliphatic carbocycles. The van der Waals surface area contributed by atoms with Gasteiger partial charge >= 0.3 is 0 Å². The van der Waals surface area contributed by atoms with Gasteiger partial charge in [-0.3, -0.25) is 14.4 Å². The number of fused-ring (bicyclic) bond motifs is 1. The minimum atomic E-state index is -0.722. The zero-order chi connectivity index (χ0) is 22.1. The van der Waals surface area contributed by atoms with Gasteiger partial charge in [-0.25, -0.2) is 4.98 Å². The van der Waals surface area contributed by atoms with Gasteiger partial charge in [0.2, 0.25) is 11.8 Å². The van der Waals surface area contributed by atoms with Crippen LogP contribution in [-0.2, 0) is 22.7 Å². The monoisotopic (exact) mass is 411 g/mol. The molecule has 0 radical (unpaired) electrons. The molecule has 2 aromatic rings. The molecule has 0 unspecified atom stereocenters. The highest BCUT2D eigenvalue weighted by molar-refractivity contribution is 5.98. The van der Waals surface area contributed by atoms with Crippen molar-refractivity contribution in [1.29, 1.82) is 0 Å². The molecule has 3 amide bonds. The smallest absolute Gasteiger partial charge is 0.272 e. The summed E-state index contributed by atoms with van der Waals surface area (Å²) in [5.74, 6) is -0.0494. The van der Waals surface area contributed by atoms with Crippen LogP contribution in [0, 0.1) is 5.41 Å². The Morgan fingerprint density at radius 3 is 2.33 bits per heavy atom. The molecule has 2 N–H and O–H groups in total. The molecule has 0 saturated heterocycles. The van der Waals surface area contributed by atoms with E-state index in [9.17, 15) is 14.4 Å². The van der Waals surface area contributed by atoms with Gasteiger partial charge in [0.25, 0.3) is 5.91 Å². The van der Waals surface area contributed by atoms with E-state index in [2.05, 4.69) is 15.6 Å². The van der Waals surface area contributed by atoms with E-state index in [1.807, 2.05) is 55.7 Å². The number of rotatable bonds is 4. The SMILES string of the molecule is CNC(=O)[C@@H](NC(=O)c1nc(-c2ccccc2)n2c1CN(C(C)=O)CC2)C(C)(C)C. The van der Waals surface area contributed by atoms with E-state index in [0.717, 1.165) is 5.56 Å². The lowest BCUT2D eigenvalue weighted by atomic mass is 9.86. The molecule has 1 aliphatic heterocycles. The summed E-state index contributed by atoms with van der Waals surface area (Å²) >= 11 is 0. The fourth-order valence-corrected chi connectivity index (χ4v) is 3.65. The topological polar surface area (TPSA) is 96.3 Å². The molecule has 1 atom stereocenters. The number of hydrogen-bond donors (Lipinski definition) is 2. The molecule has 2 heterocycles. The summed E-state index contributed by atoms with van der Waals surface area (Å²) in [6, 6.07) is 8.92. The van der Waals surface area contributed by atoms with Crippen molar-refractivity contribution >= 4 is 17.7 Å². The second-order valence-electron chi connectivity index (χ2n) is 8.58. The van der Waals surface area contributed by atoms with Crippen LogP contribution in [0.25, 0.3) is 11.4 Å². The molecule has 1 aliphatic rings. The maximum atomic E-state index is 13.2. The Balaban J connectivity index is 2.03. The van der Waals surface area contributed by atoms with Crippen LogP contribution in [0.15, 0.2) is 30.3 Å². The molecular weight excluding hydrogens is 382 g/mol. The number of carbonyl (C=O) groups excluding carboxylic acids is 3. The lowest BCUT2D eigenvalue weighted by molar-refractivity contribution is -0.130. The molecule has 30 heavy (non-hydrogen) atoms. The van der Waals surface area contributed by atoms with Crippen LogP contribution in [0.1, 0.15) is 43.9 Å². The summed E-state index contributed by atoms with van der Waals surface area (Å²) in [6.07, 6.45) is 0. The highest BCUT2D eigenvalue weighted by atomic mass is 16.2. The van der Waals surface area contributed by atoms with Crippen LogP contribution in [0.5, 0.6) is 0 Å². The summed E-state index contributed by atoms with van der Waals surface area (Å²) in [5, 5.41) is 5.46. The Kier molecular flexibility index (Phi) is 5.96. The number of imidazole rings is 1. The Hall–Kier alpha value is -3.16. The average molecular weight is 412 g/mol. The van der Waals surface area contributed by atoms with Crippen LogP contribution >= 0.6 is 0 Å². The highest BCUT2D eigenvalue weighted by Gasteiger charge is 2.35. The largest absolute Gasteiger partial charge is 0.357 e. The first kappa shape index (κ1) is 21.5. The van der Waals surface area contributed by atoms with Gasteiger partial charge in [-0.05, 0) is 5.41 Å². The Morgan fingerprint density at radius 1 is 1.10 bits per heavy atom. The van der Waals surface area contributed by atoms with Gasteiger partial charge in [0.05, 0.1) is 12.2 Å². The number of amides is 3. The van der Waals surface area contributed by atoms with Crippen LogP contribution in [-0.4, -0.2) is 51.8 Å². The van der Waals surface area contributed by atoms with Gasteiger partial charge in [0.15, 0.2) is 5.69 Å². The van der Waals surface area contributed by atoms with Crippen LogP contribution in [0.4, 0.5) is 0 Å².